The van der Waals surface area contributed by atoms with Crippen LogP contribution >= 0.6 is 23.2 Å². The van der Waals surface area contributed by atoms with E-state index in [1.54, 1.807) is 24.7 Å². The van der Waals surface area contributed by atoms with Gasteiger partial charge in [0.2, 0.25) is 0 Å². The Hall–Kier alpha value is -1.72. The van der Waals surface area contributed by atoms with Crippen LogP contribution in [0.3, 0.4) is 0 Å². The van der Waals surface area contributed by atoms with Gasteiger partial charge in [0.1, 0.15) is 11.3 Å². The van der Waals surface area contributed by atoms with E-state index in [4.69, 9.17) is 23.2 Å². The van der Waals surface area contributed by atoms with Crippen LogP contribution in [0.1, 0.15) is 17.2 Å². The first-order valence-electron chi connectivity index (χ1n) is 6.51. The predicted molar refractivity (Wildman–Crippen MR) is 82.8 cm³/mol. The lowest BCUT2D eigenvalue weighted by Crippen LogP contribution is -2.08. The van der Waals surface area contributed by atoms with Crippen molar-refractivity contribution in [2.45, 2.75) is 19.9 Å². The first-order valence-corrected chi connectivity index (χ1v) is 7.43. The molecule has 0 spiro atoms. The molecule has 0 unspecified atom stereocenters. The smallest absolute Gasteiger partial charge is 0.160 e. The van der Waals surface area contributed by atoms with E-state index in [1.165, 1.54) is 0 Å². The molecule has 0 aliphatic carbocycles. The zero-order valence-electron chi connectivity index (χ0n) is 11.4. The van der Waals surface area contributed by atoms with Crippen molar-refractivity contribution in [2.75, 3.05) is 5.88 Å². The SMILES string of the molecule is Cc1cnc(Cn2c(CCCl)nc3cc(Cl)cnc32)cn1. The predicted octanol–water partition coefficient (Wildman–Crippen LogP) is 3.01. The second-order valence-corrected chi connectivity index (χ2v) is 5.51. The summed E-state index contributed by atoms with van der Waals surface area (Å²) in [4.78, 5) is 17.6. The number of pyridine rings is 1. The van der Waals surface area contributed by atoms with Crippen LogP contribution in [0.25, 0.3) is 11.2 Å². The number of aryl methyl sites for hydroxylation is 2. The van der Waals surface area contributed by atoms with Crippen LogP contribution in [-0.4, -0.2) is 30.4 Å². The topological polar surface area (TPSA) is 56.5 Å². The Labute approximate surface area is 132 Å². The van der Waals surface area contributed by atoms with Crippen molar-refractivity contribution < 1.29 is 0 Å². The number of nitrogens with zero attached hydrogens (tertiary/aromatic N) is 5. The Balaban J connectivity index is 2.06. The maximum absolute atomic E-state index is 5.97. The number of alkyl halides is 1. The second-order valence-electron chi connectivity index (χ2n) is 4.70. The molecule has 0 atom stereocenters. The summed E-state index contributed by atoms with van der Waals surface area (Å²) in [6.07, 6.45) is 5.80. The number of hydrogen-bond acceptors (Lipinski definition) is 4. The van der Waals surface area contributed by atoms with Gasteiger partial charge >= 0.3 is 0 Å². The fourth-order valence-electron chi connectivity index (χ4n) is 2.14. The fraction of sp³-hybridized carbons (Fsp3) is 0.286. The highest BCUT2D eigenvalue weighted by Crippen LogP contribution is 2.19. The number of halogens is 2. The van der Waals surface area contributed by atoms with E-state index < -0.39 is 0 Å². The summed E-state index contributed by atoms with van der Waals surface area (Å²) < 4.78 is 2.01. The maximum Gasteiger partial charge on any atom is 0.160 e. The molecule has 108 valence electrons. The highest BCUT2D eigenvalue weighted by Gasteiger charge is 2.13. The molecule has 0 radical (unpaired) electrons. The van der Waals surface area contributed by atoms with Crippen LogP contribution in [0.5, 0.6) is 0 Å². The Morgan fingerprint density at radius 2 is 2.00 bits per heavy atom. The minimum absolute atomic E-state index is 0.497. The average Bonchev–Trinajstić information content (AvgIpc) is 2.79. The highest BCUT2D eigenvalue weighted by atomic mass is 35.5. The summed E-state index contributed by atoms with van der Waals surface area (Å²) in [5, 5.41) is 0.569. The van der Waals surface area contributed by atoms with Gasteiger partial charge in [-0.2, -0.15) is 0 Å². The van der Waals surface area contributed by atoms with E-state index in [0.29, 0.717) is 23.9 Å². The van der Waals surface area contributed by atoms with Crippen LogP contribution < -0.4 is 0 Å². The number of aromatic nitrogens is 5. The van der Waals surface area contributed by atoms with Gasteiger partial charge in [0.25, 0.3) is 0 Å². The van der Waals surface area contributed by atoms with Crippen LogP contribution in [0, 0.1) is 6.92 Å². The Morgan fingerprint density at radius 1 is 1.14 bits per heavy atom. The van der Waals surface area contributed by atoms with Gasteiger partial charge < -0.3 is 4.57 Å². The van der Waals surface area contributed by atoms with Crippen LogP contribution in [0.2, 0.25) is 5.02 Å². The van der Waals surface area contributed by atoms with Gasteiger partial charge in [0.15, 0.2) is 5.65 Å². The quantitative estimate of drug-likeness (QED) is 0.693. The molecule has 3 heterocycles. The molecule has 0 aliphatic rings. The molecule has 7 heteroatoms. The lowest BCUT2D eigenvalue weighted by Gasteiger charge is -2.07. The third-order valence-electron chi connectivity index (χ3n) is 3.10. The van der Waals surface area contributed by atoms with Crippen molar-refractivity contribution in [3.63, 3.8) is 0 Å². The van der Waals surface area contributed by atoms with Gasteiger partial charge in [-0.05, 0) is 13.0 Å². The summed E-state index contributed by atoms with van der Waals surface area (Å²) in [5.74, 6) is 1.37. The lowest BCUT2D eigenvalue weighted by molar-refractivity contribution is 0.726. The van der Waals surface area contributed by atoms with Crippen LogP contribution in [0.4, 0.5) is 0 Å². The van der Waals surface area contributed by atoms with E-state index in [1.807, 2.05) is 11.5 Å². The molecule has 3 aromatic rings. The molecule has 0 bridgehead atoms. The molecule has 0 aromatic carbocycles. The molecule has 5 nitrogen and oxygen atoms in total. The molecule has 0 fully saturated rings. The molecule has 3 rings (SSSR count). The van der Waals surface area contributed by atoms with Crippen molar-refractivity contribution in [3.8, 4) is 0 Å². The largest absolute Gasteiger partial charge is 0.307 e. The Morgan fingerprint density at radius 3 is 2.71 bits per heavy atom. The minimum atomic E-state index is 0.497. The minimum Gasteiger partial charge on any atom is -0.307 e. The Kier molecular flexibility index (Phi) is 4.03. The molecule has 3 aromatic heterocycles. The fourth-order valence-corrected chi connectivity index (χ4v) is 2.46. The first kappa shape index (κ1) is 14.2. The van der Waals surface area contributed by atoms with Gasteiger partial charge in [0, 0.05) is 24.7 Å². The molecule has 0 amide bonds. The average molecular weight is 322 g/mol. The highest BCUT2D eigenvalue weighted by molar-refractivity contribution is 6.31. The van der Waals surface area contributed by atoms with Crippen molar-refractivity contribution in [3.05, 3.63) is 46.9 Å². The molecular formula is C14H13Cl2N5. The normalized spacial score (nSPS) is 11.2. The van der Waals surface area contributed by atoms with Gasteiger partial charge in [-0.25, -0.2) is 9.97 Å². The molecule has 0 aliphatic heterocycles. The zero-order chi connectivity index (χ0) is 14.8. The van der Waals surface area contributed by atoms with Gasteiger partial charge in [-0.3, -0.25) is 9.97 Å². The van der Waals surface area contributed by atoms with Crippen molar-refractivity contribution in [1.82, 2.24) is 24.5 Å². The zero-order valence-corrected chi connectivity index (χ0v) is 12.9. The maximum atomic E-state index is 5.97. The van der Waals surface area contributed by atoms with Gasteiger partial charge in [-0.15, -0.1) is 11.6 Å². The number of fused-ring (bicyclic) bond motifs is 1. The van der Waals surface area contributed by atoms with E-state index >= 15 is 0 Å². The first-order chi connectivity index (χ1) is 10.2. The summed E-state index contributed by atoms with van der Waals surface area (Å²) in [6, 6.07) is 1.80. The van der Waals surface area contributed by atoms with E-state index in [9.17, 15) is 0 Å². The third-order valence-corrected chi connectivity index (χ3v) is 3.50. The summed E-state index contributed by atoms with van der Waals surface area (Å²) in [5.41, 5.74) is 3.29. The van der Waals surface area contributed by atoms with E-state index in [-0.39, 0.29) is 0 Å². The number of imidazole rings is 1. The summed E-state index contributed by atoms with van der Waals surface area (Å²) in [6.45, 7) is 2.47. The Bertz CT molecular complexity index is 767. The molecule has 0 saturated heterocycles. The molecular weight excluding hydrogens is 309 g/mol. The van der Waals surface area contributed by atoms with Crippen molar-refractivity contribution in [2.24, 2.45) is 0 Å². The molecule has 21 heavy (non-hydrogen) atoms. The van der Waals surface area contributed by atoms with Gasteiger partial charge in [0.05, 0.1) is 29.2 Å². The lowest BCUT2D eigenvalue weighted by atomic mass is 10.3. The summed E-state index contributed by atoms with van der Waals surface area (Å²) in [7, 11) is 0. The van der Waals surface area contributed by atoms with Crippen molar-refractivity contribution in [1.29, 1.82) is 0 Å². The third kappa shape index (κ3) is 2.99. The van der Waals surface area contributed by atoms with E-state index in [0.717, 1.165) is 28.4 Å². The monoisotopic (exact) mass is 321 g/mol. The molecule has 0 N–H and O–H groups in total. The van der Waals surface area contributed by atoms with Gasteiger partial charge in [-0.1, -0.05) is 11.6 Å². The van der Waals surface area contributed by atoms with Crippen LogP contribution in [-0.2, 0) is 13.0 Å². The standard InChI is InChI=1S/C14H13Cl2N5/c1-9-5-18-11(7-17-9)8-21-13(2-3-15)20-12-4-10(16)6-19-14(12)21/h4-7H,2-3,8H2,1H3. The van der Waals surface area contributed by atoms with E-state index in [2.05, 4.69) is 19.9 Å². The van der Waals surface area contributed by atoms with Crippen molar-refractivity contribution >= 4 is 34.4 Å². The summed E-state index contributed by atoms with van der Waals surface area (Å²) >= 11 is 11.8. The number of rotatable bonds is 4. The number of hydrogen-bond donors (Lipinski definition) is 0. The molecule has 0 saturated carbocycles. The second kappa shape index (κ2) is 5.95. The van der Waals surface area contributed by atoms with Crippen LogP contribution in [0.15, 0.2) is 24.7 Å².